The highest BCUT2D eigenvalue weighted by Gasteiger charge is 2.16. The van der Waals surface area contributed by atoms with Crippen molar-refractivity contribution in [1.82, 2.24) is 4.90 Å². The van der Waals surface area contributed by atoms with Crippen LogP contribution in [0.3, 0.4) is 0 Å². The Bertz CT molecular complexity index is 601. The second kappa shape index (κ2) is 6.66. The van der Waals surface area contributed by atoms with E-state index in [1.807, 2.05) is 30.3 Å². The second-order valence-corrected chi connectivity index (χ2v) is 5.50. The summed E-state index contributed by atoms with van der Waals surface area (Å²) in [6.45, 7) is 0.550. The summed E-state index contributed by atoms with van der Waals surface area (Å²) in [6, 6.07) is 14.3. The van der Waals surface area contributed by atoms with Crippen LogP contribution in [0.25, 0.3) is 0 Å². The molecule has 0 saturated heterocycles. The van der Waals surface area contributed by atoms with Gasteiger partial charge in [0.15, 0.2) is 0 Å². The number of rotatable bonds is 4. The molecule has 20 heavy (non-hydrogen) atoms. The average Bonchev–Trinajstić information content (AvgIpc) is 2.47. The maximum atomic E-state index is 13.7. The zero-order valence-electron chi connectivity index (χ0n) is 11.1. The molecule has 2 rings (SSSR count). The van der Waals surface area contributed by atoms with E-state index in [0.29, 0.717) is 11.0 Å². The lowest BCUT2D eigenvalue weighted by molar-refractivity contribution is 0.0792. The third kappa shape index (κ3) is 3.67. The molecule has 0 radical (unpaired) electrons. The topological polar surface area (TPSA) is 20.3 Å². The molecule has 2 nitrogen and oxygen atoms in total. The van der Waals surface area contributed by atoms with Crippen LogP contribution in [0.5, 0.6) is 0 Å². The Morgan fingerprint density at radius 3 is 2.60 bits per heavy atom. The zero-order chi connectivity index (χ0) is 14.5. The molecule has 0 unspecified atom stereocenters. The molecule has 2 aromatic rings. The number of amides is 1. The fourth-order valence-corrected chi connectivity index (χ4v) is 2.27. The van der Waals surface area contributed by atoms with Gasteiger partial charge in [-0.2, -0.15) is 0 Å². The predicted octanol–water partition coefficient (Wildman–Crippen LogP) is 3.90. The molecule has 0 heterocycles. The molecular weight excluding hydrogens is 321 g/mol. The van der Waals surface area contributed by atoms with E-state index in [9.17, 15) is 9.18 Å². The van der Waals surface area contributed by atoms with Gasteiger partial charge in [0, 0.05) is 18.1 Å². The third-order valence-electron chi connectivity index (χ3n) is 3.08. The minimum atomic E-state index is -0.496. The minimum Gasteiger partial charge on any atom is -0.341 e. The molecule has 0 aliphatic rings. The summed E-state index contributed by atoms with van der Waals surface area (Å²) in [5, 5.41) is 0. The quantitative estimate of drug-likeness (QED) is 0.829. The van der Waals surface area contributed by atoms with Crippen LogP contribution < -0.4 is 0 Å². The summed E-state index contributed by atoms with van der Waals surface area (Å²) in [4.78, 5) is 13.7. The van der Waals surface area contributed by atoms with Crippen molar-refractivity contribution in [3.63, 3.8) is 0 Å². The van der Waals surface area contributed by atoms with Gasteiger partial charge in [0.2, 0.25) is 0 Å². The first-order chi connectivity index (χ1) is 9.58. The van der Waals surface area contributed by atoms with Crippen molar-refractivity contribution < 1.29 is 9.18 Å². The van der Waals surface area contributed by atoms with E-state index in [4.69, 9.17) is 0 Å². The Morgan fingerprint density at radius 2 is 1.90 bits per heavy atom. The summed E-state index contributed by atoms with van der Waals surface area (Å²) >= 11 is 3.25. The fraction of sp³-hybridized carbons (Fsp3) is 0.188. The van der Waals surface area contributed by atoms with Crippen LogP contribution >= 0.6 is 15.9 Å². The number of likely N-dealkylation sites (N-methyl/N-ethyl adjacent to an activating group) is 1. The Hall–Kier alpha value is -1.68. The van der Waals surface area contributed by atoms with E-state index in [1.54, 1.807) is 13.1 Å². The molecule has 0 aromatic heterocycles. The molecule has 4 heteroatoms. The maximum Gasteiger partial charge on any atom is 0.256 e. The van der Waals surface area contributed by atoms with Crippen LogP contribution in [-0.4, -0.2) is 24.4 Å². The molecule has 0 fully saturated rings. The van der Waals surface area contributed by atoms with Crippen molar-refractivity contribution in [2.45, 2.75) is 6.42 Å². The molecule has 104 valence electrons. The van der Waals surface area contributed by atoms with Gasteiger partial charge in [0.05, 0.1) is 5.56 Å². The van der Waals surface area contributed by atoms with E-state index < -0.39 is 5.82 Å². The normalized spacial score (nSPS) is 10.3. The van der Waals surface area contributed by atoms with Crippen molar-refractivity contribution in [3.05, 3.63) is 69.9 Å². The fourth-order valence-electron chi connectivity index (χ4n) is 1.91. The summed E-state index contributed by atoms with van der Waals surface area (Å²) in [5.74, 6) is -0.801. The number of carbonyl (C=O) groups excluding carboxylic acids is 1. The Labute approximate surface area is 126 Å². The number of halogens is 2. The minimum absolute atomic E-state index is 0.0925. The highest BCUT2D eigenvalue weighted by molar-refractivity contribution is 9.10. The smallest absolute Gasteiger partial charge is 0.256 e. The molecule has 2 aromatic carbocycles. The largest absolute Gasteiger partial charge is 0.341 e. The van der Waals surface area contributed by atoms with Crippen LogP contribution in [-0.2, 0) is 6.42 Å². The summed E-state index contributed by atoms with van der Waals surface area (Å²) < 4.78 is 14.4. The lowest BCUT2D eigenvalue weighted by atomic mass is 10.1. The van der Waals surface area contributed by atoms with Gasteiger partial charge in [0.1, 0.15) is 5.82 Å². The van der Waals surface area contributed by atoms with Crippen molar-refractivity contribution in [2.75, 3.05) is 13.6 Å². The SMILES string of the molecule is CN(CCc1ccccc1)C(=O)c1cc(Br)ccc1F. The van der Waals surface area contributed by atoms with E-state index in [1.165, 1.54) is 17.0 Å². The highest BCUT2D eigenvalue weighted by Crippen LogP contribution is 2.17. The highest BCUT2D eigenvalue weighted by atomic mass is 79.9. The van der Waals surface area contributed by atoms with Gasteiger partial charge in [-0.3, -0.25) is 4.79 Å². The summed E-state index contributed by atoms with van der Waals surface area (Å²) in [5.41, 5.74) is 1.25. The standard InChI is InChI=1S/C16H15BrFNO/c1-19(10-9-12-5-3-2-4-6-12)16(20)14-11-13(17)7-8-15(14)18/h2-8,11H,9-10H2,1H3. The molecule has 0 spiro atoms. The Balaban J connectivity index is 2.03. The van der Waals surface area contributed by atoms with Crippen LogP contribution in [0.15, 0.2) is 53.0 Å². The molecule has 0 atom stereocenters. The third-order valence-corrected chi connectivity index (χ3v) is 3.58. The molecule has 0 N–H and O–H groups in total. The zero-order valence-corrected chi connectivity index (χ0v) is 12.7. The number of nitrogens with zero attached hydrogens (tertiary/aromatic N) is 1. The van der Waals surface area contributed by atoms with Gasteiger partial charge in [-0.25, -0.2) is 4.39 Å². The first-order valence-corrected chi connectivity index (χ1v) is 7.11. The maximum absolute atomic E-state index is 13.7. The second-order valence-electron chi connectivity index (χ2n) is 4.59. The van der Waals surface area contributed by atoms with Gasteiger partial charge in [-0.1, -0.05) is 46.3 Å². The van der Waals surface area contributed by atoms with E-state index in [0.717, 1.165) is 12.0 Å². The van der Waals surface area contributed by atoms with E-state index in [2.05, 4.69) is 15.9 Å². The summed E-state index contributed by atoms with van der Waals surface area (Å²) in [7, 11) is 1.69. The molecule has 0 bridgehead atoms. The number of carbonyl (C=O) groups is 1. The van der Waals surface area contributed by atoms with Crippen molar-refractivity contribution >= 4 is 21.8 Å². The monoisotopic (exact) mass is 335 g/mol. The lowest BCUT2D eigenvalue weighted by Gasteiger charge is -2.17. The molecular formula is C16H15BrFNO. The molecule has 0 aliphatic heterocycles. The van der Waals surface area contributed by atoms with Gasteiger partial charge in [-0.15, -0.1) is 0 Å². The lowest BCUT2D eigenvalue weighted by Crippen LogP contribution is -2.29. The molecule has 1 amide bonds. The van der Waals surface area contributed by atoms with Crippen molar-refractivity contribution in [2.24, 2.45) is 0 Å². The van der Waals surface area contributed by atoms with Crippen LogP contribution in [0.4, 0.5) is 4.39 Å². The van der Waals surface area contributed by atoms with Crippen molar-refractivity contribution in [1.29, 1.82) is 0 Å². The van der Waals surface area contributed by atoms with Crippen molar-refractivity contribution in [3.8, 4) is 0 Å². The van der Waals surface area contributed by atoms with Gasteiger partial charge in [0.25, 0.3) is 5.91 Å². The number of benzene rings is 2. The molecule has 0 saturated carbocycles. The first kappa shape index (κ1) is 14.7. The number of hydrogen-bond acceptors (Lipinski definition) is 1. The first-order valence-electron chi connectivity index (χ1n) is 6.32. The average molecular weight is 336 g/mol. The van der Waals surface area contributed by atoms with Gasteiger partial charge in [-0.05, 0) is 30.2 Å². The Kier molecular flexibility index (Phi) is 4.90. The van der Waals surface area contributed by atoms with Gasteiger partial charge < -0.3 is 4.90 Å². The Morgan fingerprint density at radius 1 is 1.20 bits per heavy atom. The summed E-state index contributed by atoms with van der Waals surface area (Å²) in [6.07, 6.45) is 0.749. The van der Waals surface area contributed by atoms with Crippen LogP contribution in [0.2, 0.25) is 0 Å². The van der Waals surface area contributed by atoms with Crippen LogP contribution in [0.1, 0.15) is 15.9 Å². The predicted molar refractivity (Wildman–Crippen MR) is 81.2 cm³/mol. The van der Waals surface area contributed by atoms with Crippen LogP contribution in [0, 0.1) is 5.82 Å². The van der Waals surface area contributed by atoms with Gasteiger partial charge >= 0.3 is 0 Å². The number of hydrogen-bond donors (Lipinski definition) is 0. The van der Waals surface area contributed by atoms with E-state index >= 15 is 0 Å². The van der Waals surface area contributed by atoms with E-state index in [-0.39, 0.29) is 11.5 Å². The molecule has 0 aliphatic carbocycles.